The van der Waals surface area contributed by atoms with Gasteiger partial charge in [-0.25, -0.2) is 4.79 Å². The molecule has 148 valence electrons. The molecule has 0 unspecified atom stereocenters. The summed E-state index contributed by atoms with van der Waals surface area (Å²) in [5.41, 5.74) is 0.517. The highest BCUT2D eigenvalue weighted by Crippen LogP contribution is 2.24. The summed E-state index contributed by atoms with van der Waals surface area (Å²) in [4.78, 5) is 36.8. The van der Waals surface area contributed by atoms with Crippen molar-refractivity contribution < 1.29 is 24.4 Å². The zero-order valence-electron chi connectivity index (χ0n) is 15.5. The first-order valence-corrected chi connectivity index (χ1v) is 8.52. The maximum absolute atomic E-state index is 12.6. The Morgan fingerprint density at radius 1 is 1.25 bits per heavy atom. The Morgan fingerprint density at radius 2 is 1.93 bits per heavy atom. The number of ether oxygens (including phenoxy) is 1. The molecule has 9 heteroatoms. The second-order valence-corrected chi connectivity index (χ2v) is 5.92. The first-order chi connectivity index (χ1) is 13.3. The van der Waals surface area contributed by atoms with Crippen molar-refractivity contribution in [3.05, 3.63) is 64.2 Å². The van der Waals surface area contributed by atoms with Crippen LogP contribution in [0.25, 0.3) is 0 Å². The Hall–Kier alpha value is -3.46. The van der Waals surface area contributed by atoms with Crippen LogP contribution < -0.4 is 10.2 Å². The molecule has 1 atom stereocenters. The molecule has 0 heterocycles. The van der Waals surface area contributed by atoms with Crippen LogP contribution in [0.1, 0.15) is 17.3 Å². The van der Waals surface area contributed by atoms with Gasteiger partial charge in [-0.15, -0.1) is 0 Å². The number of carbonyl (C=O) groups excluding carboxylic acids is 2. The molecule has 28 heavy (non-hydrogen) atoms. The van der Waals surface area contributed by atoms with E-state index < -0.39 is 22.9 Å². The molecule has 0 spiro atoms. The number of rotatable bonds is 8. The van der Waals surface area contributed by atoms with Gasteiger partial charge in [-0.05, 0) is 25.1 Å². The number of para-hydroxylation sites is 1. The van der Waals surface area contributed by atoms with Crippen molar-refractivity contribution in [3.8, 4) is 0 Å². The van der Waals surface area contributed by atoms with Crippen molar-refractivity contribution in [2.75, 3.05) is 30.4 Å². The van der Waals surface area contributed by atoms with Crippen molar-refractivity contribution in [2.45, 2.75) is 13.0 Å². The van der Waals surface area contributed by atoms with Gasteiger partial charge in [0.25, 0.3) is 11.6 Å². The van der Waals surface area contributed by atoms with Crippen molar-refractivity contribution in [1.82, 2.24) is 0 Å². The summed E-state index contributed by atoms with van der Waals surface area (Å²) in [6, 6.07) is 12.5. The Morgan fingerprint density at radius 3 is 2.54 bits per heavy atom. The number of likely N-dealkylation sites (N-methyl/N-ethyl adjacent to an activating group) is 1. The van der Waals surface area contributed by atoms with Crippen molar-refractivity contribution in [3.63, 3.8) is 0 Å². The van der Waals surface area contributed by atoms with Crippen molar-refractivity contribution >= 4 is 28.9 Å². The van der Waals surface area contributed by atoms with Crippen LogP contribution in [0.2, 0.25) is 0 Å². The molecule has 0 saturated carbocycles. The first-order valence-electron chi connectivity index (χ1n) is 8.52. The molecule has 0 bridgehead atoms. The van der Waals surface area contributed by atoms with E-state index in [0.29, 0.717) is 5.69 Å². The van der Waals surface area contributed by atoms with E-state index in [9.17, 15) is 19.7 Å². The molecule has 0 saturated heterocycles. The lowest BCUT2D eigenvalue weighted by Crippen LogP contribution is -2.37. The number of hydrogen-bond donors (Lipinski definition) is 2. The van der Waals surface area contributed by atoms with Crippen LogP contribution >= 0.6 is 0 Å². The number of esters is 1. The Balaban J connectivity index is 2.19. The van der Waals surface area contributed by atoms with E-state index in [1.54, 1.807) is 31.3 Å². The minimum atomic E-state index is -1.11. The maximum atomic E-state index is 12.6. The van der Waals surface area contributed by atoms with Gasteiger partial charge < -0.3 is 20.1 Å². The lowest BCUT2D eigenvalue weighted by Gasteiger charge is -2.22. The number of nitrogens with one attached hydrogen (secondary N) is 1. The smallest absolute Gasteiger partial charge is 0.341 e. The lowest BCUT2D eigenvalue weighted by molar-refractivity contribution is -0.384. The molecule has 0 aliphatic heterocycles. The van der Waals surface area contributed by atoms with Crippen molar-refractivity contribution in [2.24, 2.45) is 0 Å². The topological polar surface area (TPSA) is 122 Å². The summed E-state index contributed by atoms with van der Waals surface area (Å²) in [5, 5.41) is 22.8. The zero-order valence-corrected chi connectivity index (χ0v) is 15.5. The average molecular weight is 387 g/mol. The number of anilines is 2. The van der Waals surface area contributed by atoms with Crippen LogP contribution in [0.15, 0.2) is 48.5 Å². The summed E-state index contributed by atoms with van der Waals surface area (Å²) in [6.07, 6.45) is -1.11. The monoisotopic (exact) mass is 387 g/mol. The van der Waals surface area contributed by atoms with Gasteiger partial charge in [0.05, 0.1) is 17.1 Å². The Labute approximate surface area is 161 Å². The van der Waals surface area contributed by atoms with Crippen LogP contribution in [0, 0.1) is 10.1 Å². The summed E-state index contributed by atoms with van der Waals surface area (Å²) >= 11 is 0. The molecule has 2 N–H and O–H groups in total. The van der Waals surface area contributed by atoms with Gasteiger partial charge in [0, 0.05) is 37.1 Å². The van der Waals surface area contributed by atoms with Gasteiger partial charge in [0.15, 0.2) is 6.10 Å². The van der Waals surface area contributed by atoms with Crippen LogP contribution in [0.5, 0.6) is 0 Å². The molecule has 0 radical (unpaired) electrons. The summed E-state index contributed by atoms with van der Waals surface area (Å²) in [5.74, 6) is -1.33. The minimum Gasteiger partial charge on any atom is -0.449 e. The van der Waals surface area contributed by atoms with Crippen LogP contribution in [0.3, 0.4) is 0 Å². The number of amides is 1. The van der Waals surface area contributed by atoms with Crippen molar-refractivity contribution in [1.29, 1.82) is 0 Å². The fourth-order valence-electron chi connectivity index (χ4n) is 2.49. The highest BCUT2D eigenvalue weighted by atomic mass is 16.6. The van der Waals surface area contributed by atoms with E-state index in [-0.39, 0.29) is 30.1 Å². The molecule has 2 aromatic carbocycles. The number of hydrogen-bond acceptors (Lipinski definition) is 7. The van der Waals surface area contributed by atoms with E-state index in [1.165, 1.54) is 24.0 Å². The van der Waals surface area contributed by atoms with Crippen LogP contribution in [-0.2, 0) is 9.53 Å². The number of non-ortho nitro benzene ring substituents is 1. The number of nitro groups is 1. The molecule has 0 aromatic heterocycles. The fraction of sp³-hybridized carbons (Fsp3) is 0.263. The highest BCUT2D eigenvalue weighted by molar-refractivity contribution is 6.00. The number of carbonyl (C=O) groups is 2. The molecule has 2 rings (SSSR count). The molecule has 0 aliphatic carbocycles. The number of nitro benzene ring substituents is 1. The Kier molecular flexibility index (Phi) is 7.05. The molecular weight excluding hydrogens is 366 g/mol. The quantitative estimate of drug-likeness (QED) is 0.404. The van der Waals surface area contributed by atoms with Gasteiger partial charge >= 0.3 is 5.97 Å². The maximum Gasteiger partial charge on any atom is 0.341 e. The minimum absolute atomic E-state index is 0.0929. The average Bonchev–Trinajstić information content (AvgIpc) is 2.71. The molecule has 1 amide bonds. The lowest BCUT2D eigenvalue weighted by atomic mass is 10.1. The molecule has 9 nitrogen and oxygen atoms in total. The second-order valence-electron chi connectivity index (χ2n) is 5.92. The summed E-state index contributed by atoms with van der Waals surface area (Å²) in [7, 11) is 1.56. The molecule has 0 aliphatic rings. The first kappa shape index (κ1) is 20.8. The summed E-state index contributed by atoms with van der Waals surface area (Å²) in [6.45, 7) is 1.38. The zero-order chi connectivity index (χ0) is 20.7. The fourth-order valence-corrected chi connectivity index (χ4v) is 2.49. The third-order valence-corrected chi connectivity index (χ3v) is 3.97. The van der Waals surface area contributed by atoms with E-state index in [1.807, 2.05) is 6.07 Å². The number of nitrogens with zero attached hydrogens (tertiary/aromatic N) is 2. The van der Waals surface area contributed by atoms with E-state index in [4.69, 9.17) is 9.84 Å². The SMILES string of the molecule is C[C@H](OC(=O)c1cc([N+](=O)[O-])ccc1NCCO)C(=O)N(C)c1ccccc1. The van der Waals surface area contributed by atoms with E-state index >= 15 is 0 Å². The predicted molar refractivity (Wildman–Crippen MR) is 103 cm³/mol. The van der Waals surface area contributed by atoms with Gasteiger partial charge in [0.1, 0.15) is 0 Å². The third kappa shape index (κ3) is 5.04. The van der Waals surface area contributed by atoms with Gasteiger partial charge in [0.2, 0.25) is 0 Å². The number of aliphatic hydroxyl groups is 1. The van der Waals surface area contributed by atoms with Crippen LogP contribution in [-0.4, -0.2) is 48.2 Å². The van der Waals surface area contributed by atoms with Gasteiger partial charge in [-0.1, -0.05) is 18.2 Å². The Bertz CT molecular complexity index is 856. The second kappa shape index (κ2) is 9.47. The highest BCUT2D eigenvalue weighted by Gasteiger charge is 2.25. The van der Waals surface area contributed by atoms with E-state index in [2.05, 4.69) is 5.32 Å². The normalized spacial score (nSPS) is 11.4. The summed E-state index contributed by atoms with van der Waals surface area (Å²) < 4.78 is 5.24. The van der Waals surface area contributed by atoms with E-state index in [0.717, 1.165) is 6.07 Å². The number of aliphatic hydroxyl groups excluding tert-OH is 1. The number of benzene rings is 2. The molecule has 0 fully saturated rings. The van der Waals surface area contributed by atoms with Crippen LogP contribution in [0.4, 0.5) is 17.1 Å². The molecular formula is C19H21N3O6. The largest absolute Gasteiger partial charge is 0.449 e. The third-order valence-electron chi connectivity index (χ3n) is 3.97. The predicted octanol–water partition coefficient (Wildman–Crippen LogP) is 2.21. The molecule has 2 aromatic rings. The van der Waals surface area contributed by atoms with Gasteiger partial charge in [-0.2, -0.15) is 0 Å². The van der Waals surface area contributed by atoms with Gasteiger partial charge in [-0.3, -0.25) is 14.9 Å². The standard InChI is InChI=1S/C19H21N3O6/c1-13(18(24)21(2)14-6-4-3-5-7-14)28-19(25)16-12-15(22(26)27)8-9-17(16)20-10-11-23/h3-9,12-13,20,23H,10-11H2,1-2H3/t13-/m0/s1.